The minimum absolute atomic E-state index is 0.108. The Labute approximate surface area is 192 Å². The van der Waals surface area contributed by atoms with Crippen molar-refractivity contribution in [3.8, 4) is 5.75 Å². The second kappa shape index (κ2) is 9.09. The van der Waals surface area contributed by atoms with E-state index in [9.17, 15) is 27.9 Å². The van der Waals surface area contributed by atoms with Gasteiger partial charge < -0.3 is 14.3 Å². The lowest BCUT2D eigenvalue weighted by molar-refractivity contribution is -0.137. The van der Waals surface area contributed by atoms with Gasteiger partial charge in [0, 0.05) is 11.3 Å². The van der Waals surface area contributed by atoms with Crippen molar-refractivity contribution < 1.29 is 37.0 Å². The monoisotopic (exact) mass is 471 g/mol. The molecule has 1 aliphatic rings. The van der Waals surface area contributed by atoms with Gasteiger partial charge >= 0.3 is 6.18 Å². The van der Waals surface area contributed by atoms with E-state index in [4.69, 9.17) is 9.15 Å². The number of Topliss-reactive ketones (excluding diaryl/α,β-unsaturated/α-hetero) is 1. The molecule has 0 saturated carbocycles. The number of anilines is 1. The highest BCUT2D eigenvalue weighted by Gasteiger charge is 2.48. The number of ether oxygens (including phenoxy) is 1. The molecule has 0 bridgehead atoms. The molecule has 1 aliphatic heterocycles. The summed E-state index contributed by atoms with van der Waals surface area (Å²) in [5.41, 5.74) is -1.22. The van der Waals surface area contributed by atoms with Gasteiger partial charge in [0.25, 0.3) is 11.7 Å². The Morgan fingerprint density at radius 2 is 1.85 bits per heavy atom. The van der Waals surface area contributed by atoms with Crippen LogP contribution in [0.15, 0.2) is 76.9 Å². The number of nitrogens with zero attached hydrogens (tertiary/aromatic N) is 1. The normalized spacial score (nSPS) is 17.9. The molecule has 1 aromatic heterocycles. The van der Waals surface area contributed by atoms with Crippen molar-refractivity contribution in [2.75, 3.05) is 11.5 Å². The molecule has 1 unspecified atom stereocenters. The minimum atomic E-state index is -4.65. The second-order valence-electron chi connectivity index (χ2n) is 7.61. The fourth-order valence-corrected chi connectivity index (χ4v) is 3.76. The van der Waals surface area contributed by atoms with Crippen LogP contribution in [0.5, 0.6) is 5.75 Å². The molecule has 2 aromatic carbocycles. The van der Waals surface area contributed by atoms with Gasteiger partial charge in [0.15, 0.2) is 0 Å². The van der Waals surface area contributed by atoms with E-state index in [0.717, 1.165) is 29.5 Å². The molecule has 6 nitrogen and oxygen atoms in total. The molecule has 1 N–H and O–H groups in total. The maximum Gasteiger partial charge on any atom is 0.416 e. The Hall–Kier alpha value is -4.01. The van der Waals surface area contributed by atoms with Crippen molar-refractivity contribution >= 4 is 23.1 Å². The van der Waals surface area contributed by atoms with E-state index in [0.29, 0.717) is 12.4 Å². The number of benzene rings is 2. The number of furan rings is 1. The highest BCUT2D eigenvalue weighted by Crippen LogP contribution is 2.43. The maximum absolute atomic E-state index is 13.3. The van der Waals surface area contributed by atoms with E-state index in [1.165, 1.54) is 36.6 Å². The standard InChI is InChI=1S/C25H20F3NO5/c1-2-11-33-18-9-3-6-15(13-18)22(30)20-21(19-10-5-12-34-19)29(24(32)23(20)31)17-8-4-7-16(14-17)25(26,27)28/h3-10,12-14,21,30H,2,11H2,1H3/b22-20-. The zero-order valence-corrected chi connectivity index (χ0v) is 18.0. The van der Waals surface area contributed by atoms with Gasteiger partial charge in [-0.25, -0.2) is 0 Å². The smallest absolute Gasteiger partial charge is 0.416 e. The van der Waals surface area contributed by atoms with Gasteiger partial charge in [0.1, 0.15) is 23.3 Å². The van der Waals surface area contributed by atoms with Crippen LogP contribution in [0.4, 0.5) is 18.9 Å². The number of carbonyl (C=O) groups is 2. The molecule has 4 rings (SSSR count). The fraction of sp³-hybridized carbons (Fsp3) is 0.200. The number of halogens is 3. The molecule has 0 spiro atoms. The molecule has 1 amide bonds. The lowest BCUT2D eigenvalue weighted by Gasteiger charge is -2.24. The second-order valence-corrected chi connectivity index (χ2v) is 7.61. The van der Waals surface area contributed by atoms with Gasteiger partial charge in [-0.05, 0) is 48.9 Å². The largest absolute Gasteiger partial charge is 0.507 e. The summed E-state index contributed by atoms with van der Waals surface area (Å²) in [5, 5.41) is 11.1. The molecular weight excluding hydrogens is 451 g/mol. The number of ketones is 1. The first-order chi connectivity index (χ1) is 16.2. The minimum Gasteiger partial charge on any atom is -0.507 e. The summed E-state index contributed by atoms with van der Waals surface area (Å²) < 4.78 is 50.9. The van der Waals surface area contributed by atoms with Crippen molar-refractivity contribution in [3.05, 3.63) is 89.4 Å². The summed E-state index contributed by atoms with van der Waals surface area (Å²) in [4.78, 5) is 27.0. The van der Waals surface area contributed by atoms with Crippen LogP contribution in [0.25, 0.3) is 5.76 Å². The lowest BCUT2D eigenvalue weighted by Crippen LogP contribution is -2.29. The van der Waals surface area contributed by atoms with E-state index in [1.54, 1.807) is 12.1 Å². The zero-order valence-electron chi connectivity index (χ0n) is 18.0. The number of hydrogen-bond donors (Lipinski definition) is 1. The highest BCUT2D eigenvalue weighted by atomic mass is 19.4. The Morgan fingerprint density at radius 1 is 1.09 bits per heavy atom. The molecule has 1 fully saturated rings. The van der Waals surface area contributed by atoms with Crippen molar-refractivity contribution in [2.45, 2.75) is 25.6 Å². The highest BCUT2D eigenvalue weighted by molar-refractivity contribution is 6.51. The lowest BCUT2D eigenvalue weighted by atomic mass is 9.99. The average molecular weight is 471 g/mol. The summed E-state index contributed by atoms with van der Waals surface area (Å²) in [6.45, 7) is 2.37. The number of carbonyl (C=O) groups excluding carboxylic acids is 2. The summed E-state index contributed by atoms with van der Waals surface area (Å²) in [7, 11) is 0. The van der Waals surface area contributed by atoms with Gasteiger partial charge in [-0.15, -0.1) is 0 Å². The van der Waals surface area contributed by atoms with Crippen LogP contribution in [-0.4, -0.2) is 23.4 Å². The molecule has 1 atom stereocenters. The predicted octanol–water partition coefficient (Wildman–Crippen LogP) is 5.71. The first-order valence-corrected chi connectivity index (χ1v) is 10.5. The molecule has 0 aliphatic carbocycles. The van der Waals surface area contributed by atoms with Crippen molar-refractivity contribution in [1.82, 2.24) is 0 Å². The summed E-state index contributed by atoms with van der Waals surface area (Å²) in [6.07, 6.45) is -2.58. The Morgan fingerprint density at radius 3 is 2.53 bits per heavy atom. The van der Waals surface area contributed by atoms with E-state index < -0.39 is 35.2 Å². The number of aliphatic hydroxyl groups is 1. The quantitative estimate of drug-likeness (QED) is 0.283. The van der Waals surface area contributed by atoms with Crippen LogP contribution in [0, 0.1) is 0 Å². The average Bonchev–Trinajstić information content (AvgIpc) is 3.44. The maximum atomic E-state index is 13.3. The first-order valence-electron chi connectivity index (χ1n) is 10.5. The van der Waals surface area contributed by atoms with Crippen LogP contribution in [0.3, 0.4) is 0 Å². The molecule has 2 heterocycles. The molecule has 9 heteroatoms. The summed E-state index contributed by atoms with van der Waals surface area (Å²) in [5.74, 6) is -2.06. The van der Waals surface area contributed by atoms with Gasteiger partial charge in [0.05, 0.1) is 24.0 Å². The predicted molar refractivity (Wildman–Crippen MR) is 117 cm³/mol. The van der Waals surface area contributed by atoms with Gasteiger partial charge in [0.2, 0.25) is 0 Å². The number of alkyl halides is 3. The fourth-order valence-electron chi connectivity index (χ4n) is 3.76. The first kappa shape index (κ1) is 23.2. The van der Waals surface area contributed by atoms with Crippen molar-refractivity contribution in [1.29, 1.82) is 0 Å². The molecule has 0 radical (unpaired) electrons. The topological polar surface area (TPSA) is 80.0 Å². The van der Waals surface area contributed by atoms with E-state index in [1.807, 2.05) is 6.92 Å². The van der Waals surface area contributed by atoms with E-state index in [2.05, 4.69) is 0 Å². The van der Waals surface area contributed by atoms with E-state index in [-0.39, 0.29) is 22.6 Å². The van der Waals surface area contributed by atoms with Crippen LogP contribution >= 0.6 is 0 Å². The van der Waals surface area contributed by atoms with Crippen LogP contribution in [0.2, 0.25) is 0 Å². The molecule has 34 heavy (non-hydrogen) atoms. The van der Waals surface area contributed by atoms with Crippen LogP contribution in [0.1, 0.15) is 36.3 Å². The molecular formula is C25H20F3NO5. The SMILES string of the molecule is CCCOc1cccc(/C(O)=C2/C(=O)C(=O)N(c3cccc(C(F)(F)F)c3)C2c2ccco2)c1. The molecule has 1 saturated heterocycles. The van der Waals surface area contributed by atoms with Gasteiger partial charge in [-0.3, -0.25) is 14.5 Å². The van der Waals surface area contributed by atoms with Crippen LogP contribution < -0.4 is 9.64 Å². The van der Waals surface area contributed by atoms with Crippen molar-refractivity contribution in [2.24, 2.45) is 0 Å². The number of hydrogen-bond acceptors (Lipinski definition) is 5. The Bertz CT molecular complexity index is 1250. The Balaban J connectivity index is 1.86. The van der Waals surface area contributed by atoms with Gasteiger partial charge in [-0.2, -0.15) is 13.2 Å². The van der Waals surface area contributed by atoms with Gasteiger partial charge in [-0.1, -0.05) is 25.1 Å². The zero-order chi connectivity index (χ0) is 24.5. The van der Waals surface area contributed by atoms with E-state index >= 15 is 0 Å². The Kier molecular flexibility index (Phi) is 6.19. The van der Waals surface area contributed by atoms with Crippen molar-refractivity contribution in [3.63, 3.8) is 0 Å². The molecule has 176 valence electrons. The molecule has 3 aromatic rings. The number of rotatable bonds is 6. The number of aliphatic hydroxyl groups excluding tert-OH is 1. The third-order valence-electron chi connectivity index (χ3n) is 5.29. The third kappa shape index (κ3) is 4.28. The number of amides is 1. The summed E-state index contributed by atoms with van der Waals surface area (Å²) >= 11 is 0. The third-order valence-corrected chi connectivity index (χ3v) is 5.29. The van der Waals surface area contributed by atoms with Crippen LogP contribution in [-0.2, 0) is 15.8 Å². The summed E-state index contributed by atoms with van der Waals surface area (Å²) in [6, 6.07) is 12.1.